The number of rotatable bonds is 5. The highest BCUT2D eigenvalue weighted by Crippen LogP contribution is 2.06. The van der Waals surface area contributed by atoms with E-state index in [1.165, 1.54) is 4.90 Å². The van der Waals surface area contributed by atoms with Crippen LogP contribution in [0.1, 0.15) is 26.2 Å². The van der Waals surface area contributed by atoms with Crippen molar-refractivity contribution < 1.29 is 19.5 Å². The number of carbonyl (C=O) groups is 3. The van der Waals surface area contributed by atoms with E-state index >= 15 is 0 Å². The summed E-state index contributed by atoms with van der Waals surface area (Å²) in [5.74, 6) is -1.04. The summed E-state index contributed by atoms with van der Waals surface area (Å²) in [6, 6.07) is -0.745. The first-order valence-electron chi connectivity index (χ1n) is 6.45. The molecule has 1 rings (SSSR count). The molecule has 1 aliphatic heterocycles. The zero-order valence-corrected chi connectivity index (χ0v) is 11.4. The number of hydrogen-bond acceptors (Lipinski definition) is 3. The second kappa shape index (κ2) is 6.96. The van der Waals surface area contributed by atoms with Gasteiger partial charge in [0, 0.05) is 26.2 Å². The Kier molecular flexibility index (Phi) is 5.59. The van der Waals surface area contributed by atoms with Gasteiger partial charge >= 0.3 is 12.0 Å². The van der Waals surface area contributed by atoms with Crippen molar-refractivity contribution in [3.8, 4) is 0 Å². The highest BCUT2D eigenvalue weighted by atomic mass is 16.4. The Labute approximate surface area is 112 Å². The Morgan fingerprint density at radius 2 is 2.11 bits per heavy atom. The van der Waals surface area contributed by atoms with Gasteiger partial charge in [0.25, 0.3) is 0 Å². The van der Waals surface area contributed by atoms with Gasteiger partial charge in [-0.2, -0.15) is 0 Å². The van der Waals surface area contributed by atoms with Crippen molar-refractivity contribution in [2.24, 2.45) is 0 Å². The SMILES string of the molecule is CCCC(CC(=O)O)NC(=O)N1CCN(C)C(=O)C1. The quantitative estimate of drug-likeness (QED) is 0.743. The first-order valence-corrected chi connectivity index (χ1v) is 6.45. The molecule has 0 aromatic heterocycles. The number of carbonyl (C=O) groups excluding carboxylic acids is 2. The van der Waals surface area contributed by atoms with Crippen LogP contribution in [0.15, 0.2) is 0 Å². The minimum Gasteiger partial charge on any atom is -0.481 e. The molecule has 0 saturated carbocycles. The van der Waals surface area contributed by atoms with Crippen molar-refractivity contribution in [2.75, 3.05) is 26.7 Å². The van der Waals surface area contributed by atoms with E-state index in [-0.39, 0.29) is 30.9 Å². The Bertz CT molecular complexity index is 359. The number of piperazine rings is 1. The van der Waals surface area contributed by atoms with Gasteiger partial charge in [-0.3, -0.25) is 9.59 Å². The molecule has 0 spiro atoms. The monoisotopic (exact) mass is 271 g/mol. The van der Waals surface area contributed by atoms with Crippen molar-refractivity contribution in [2.45, 2.75) is 32.2 Å². The fraction of sp³-hybridized carbons (Fsp3) is 0.750. The van der Waals surface area contributed by atoms with E-state index in [1.54, 1.807) is 11.9 Å². The molecule has 7 nitrogen and oxygen atoms in total. The van der Waals surface area contributed by atoms with Crippen LogP contribution in [0.25, 0.3) is 0 Å². The molecule has 2 N–H and O–H groups in total. The molecule has 0 radical (unpaired) electrons. The van der Waals surface area contributed by atoms with Gasteiger partial charge in [0.15, 0.2) is 0 Å². The molecule has 19 heavy (non-hydrogen) atoms. The highest BCUT2D eigenvalue weighted by Gasteiger charge is 2.26. The third kappa shape index (κ3) is 4.76. The lowest BCUT2D eigenvalue weighted by Crippen LogP contribution is -2.55. The lowest BCUT2D eigenvalue weighted by Gasteiger charge is -2.33. The molecule has 1 fully saturated rings. The molecule has 1 heterocycles. The topological polar surface area (TPSA) is 89.9 Å². The van der Waals surface area contributed by atoms with Gasteiger partial charge < -0.3 is 20.2 Å². The number of aliphatic carboxylic acids is 1. The third-order valence-corrected chi connectivity index (χ3v) is 3.13. The van der Waals surface area contributed by atoms with E-state index in [0.29, 0.717) is 19.5 Å². The molecule has 108 valence electrons. The van der Waals surface area contributed by atoms with Gasteiger partial charge in [-0.15, -0.1) is 0 Å². The zero-order chi connectivity index (χ0) is 14.4. The predicted molar refractivity (Wildman–Crippen MR) is 68.7 cm³/mol. The van der Waals surface area contributed by atoms with Crippen molar-refractivity contribution in [3.05, 3.63) is 0 Å². The smallest absolute Gasteiger partial charge is 0.318 e. The first kappa shape index (κ1) is 15.3. The van der Waals surface area contributed by atoms with Crippen LogP contribution in [0.2, 0.25) is 0 Å². The van der Waals surface area contributed by atoms with Crippen LogP contribution in [-0.4, -0.2) is 65.5 Å². The van der Waals surface area contributed by atoms with Crippen LogP contribution < -0.4 is 5.32 Å². The van der Waals surface area contributed by atoms with Crippen LogP contribution in [0.4, 0.5) is 4.79 Å². The van der Waals surface area contributed by atoms with Gasteiger partial charge in [-0.1, -0.05) is 13.3 Å². The molecule has 3 amide bonds. The number of likely N-dealkylation sites (N-methyl/N-ethyl adjacent to an activating group) is 1. The normalized spacial score (nSPS) is 17.3. The van der Waals surface area contributed by atoms with E-state index in [4.69, 9.17) is 5.11 Å². The maximum atomic E-state index is 12.0. The first-order chi connectivity index (χ1) is 8.93. The van der Waals surface area contributed by atoms with Crippen LogP contribution in [0, 0.1) is 0 Å². The average molecular weight is 271 g/mol. The predicted octanol–water partition coefficient (Wildman–Crippen LogP) is 0.113. The van der Waals surface area contributed by atoms with E-state index < -0.39 is 5.97 Å². The molecule has 1 saturated heterocycles. The zero-order valence-electron chi connectivity index (χ0n) is 11.4. The van der Waals surface area contributed by atoms with E-state index in [9.17, 15) is 14.4 Å². The second-order valence-corrected chi connectivity index (χ2v) is 4.77. The van der Waals surface area contributed by atoms with Crippen LogP contribution in [-0.2, 0) is 9.59 Å². The van der Waals surface area contributed by atoms with Crippen molar-refractivity contribution in [3.63, 3.8) is 0 Å². The molecule has 0 aromatic rings. The van der Waals surface area contributed by atoms with Crippen LogP contribution in [0.3, 0.4) is 0 Å². The fourth-order valence-electron chi connectivity index (χ4n) is 1.98. The maximum Gasteiger partial charge on any atom is 0.318 e. The van der Waals surface area contributed by atoms with Gasteiger partial charge in [-0.25, -0.2) is 4.79 Å². The number of nitrogens with one attached hydrogen (secondary N) is 1. The summed E-state index contributed by atoms with van der Waals surface area (Å²) < 4.78 is 0. The molecular formula is C12H21N3O4. The number of urea groups is 1. The Balaban J connectivity index is 2.51. The van der Waals surface area contributed by atoms with Crippen LogP contribution >= 0.6 is 0 Å². The molecule has 7 heteroatoms. The van der Waals surface area contributed by atoms with Crippen molar-refractivity contribution in [1.82, 2.24) is 15.1 Å². The number of carboxylic acid groups (broad SMARTS) is 1. The lowest BCUT2D eigenvalue weighted by atomic mass is 10.1. The summed E-state index contributed by atoms with van der Waals surface area (Å²) in [5.41, 5.74) is 0. The minimum absolute atomic E-state index is 0.0499. The van der Waals surface area contributed by atoms with E-state index in [1.807, 2.05) is 6.92 Å². The summed E-state index contributed by atoms with van der Waals surface area (Å²) in [7, 11) is 1.70. The molecule has 1 atom stereocenters. The lowest BCUT2D eigenvalue weighted by molar-refractivity contribution is -0.137. The minimum atomic E-state index is -0.937. The van der Waals surface area contributed by atoms with E-state index in [0.717, 1.165) is 6.42 Å². The van der Waals surface area contributed by atoms with Gasteiger partial charge in [0.1, 0.15) is 6.54 Å². The Hall–Kier alpha value is -1.79. The highest BCUT2D eigenvalue weighted by molar-refractivity contribution is 5.85. The summed E-state index contributed by atoms with van der Waals surface area (Å²) in [4.78, 5) is 37.2. The molecule has 0 aliphatic carbocycles. The van der Waals surface area contributed by atoms with Gasteiger partial charge in [0.2, 0.25) is 5.91 Å². The second-order valence-electron chi connectivity index (χ2n) is 4.77. The molecule has 0 aromatic carbocycles. The molecular weight excluding hydrogens is 250 g/mol. The number of hydrogen-bond donors (Lipinski definition) is 2. The molecule has 1 aliphatic rings. The Morgan fingerprint density at radius 3 is 2.63 bits per heavy atom. The standard InChI is InChI=1S/C12H21N3O4/c1-3-4-9(7-11(17)18)13-12(19)15-6-5-14(2)10(16)8-15/h9H,3-8H2,1-2H3,(H,13,19)(H,17,18). The average Bonchev–Trinajstić information content (AvgIpc) is 2.32. The van der Waals surface area contributed by atoms with E-state index in [2.05, 4.69) is 5.32 Å². The molecule has 0 bridgehead atoms. The fourth-order valence-corrected chi connectivity index (χ4v) is 1.98. The molecule has 1 unspecified atom stereocenters. The number of nitrogens with zero attached hydrogens (tertiary/aromatic N) is 2. The largest absolute Gasteiger partial charge is 0.481 e. The van der Waals surface area contributed by atoms with Gasteiger partial charge in [0.05, 0.1) is 6.42 Å². The summed E-state index contributed by atoms with van der Waals surface area (Å²) in [6.45, 7) is 2.96. The van der Waals surface area contributed by atoms with Crippen LogP contribution in [0.5, 0.6) is 0 Å². The Morgan fingerprint density at radius 1 is 1.42 bits per heavy atom. The third-order valence-electron chi connectivity index (χ3n) is 3.13. The number of amides is 3. The summed E-state index contributed by atoms with van der Waals surface area (Å²) in [6.07, 6.45) is 1.31. The summed E-state index contributed by atoms with van der Waals surface area (Å²) >= 11 is 0. The van der Waals surface area contributed by atoms with Crippen molar-refractivity contribution in [1.29, 1.82) is 0 Å². The maximum absolute atomic E-state index is 12.0. The summed E-state index contributed by atoms with van der Waals surface area (Å²) in [5, 5.41) is 11.5. The van der Waals surface area contributed by atoms with Crippen molar-refractivity contribution >= 4 is 17.9 Å². The number of carboxylic acids is 1. The van der Waals surface area contributed by atoms with Gasteiger partial charge in [-0.05, 0) is 6.42 Å².